The summed E-state index contributed by atoms with van der Waals surface area (Å²) in [7, 11) is 0. The summed E-state index contributed by atoms with van der Waals surface area (Å²) in [6, 6.07) is 0. The Labute approximate surface area is 69.1 Å². The van der Waals surface area contributed by atoms with Crippen molar-refractivity contribution >= 4 is 0 Å². The first kappa shape index (κ1) is 8.79. The van der Waals surface area contributed by atoms with Crippen molar-refractivity contribution in [1.29, 1.82) is 0 Å². The zero-order chi connectivity index (χ0) is 8.65. The minimum absolute atomic E-state index is 0.0795. The van der Waals surface area contributed by atoms with Crippen LogP contribution in [-0.2, 0) is 0 Å². The fourth-order valence-corrected chi connectivity index (χ4v) is 2.11. The molecule has 0 radical (unpaired) electrons. The highest BCUT2D eigenvalue weighted by molar-refractivity contribution is 5.13. The van der Waals surface area contributed by atoms with Gasteiger partial charge < -0.3 is 5.11 Å². The molecule has 11 heavy (non-hydrogen) atoms. The number of aliphatic hydroxyl groups excluding tert-OH is 1. The van der Waals surface area contributed by atoms with Crippen LogP contribution in [0.2, 0.25) is 0 Å². The first-order valence-corrected chi connectivity index (χ1v) is 4.35. The molecule has 0 spiro atoms. The Morgan fingerprint density at radius 1 is 1.82 bits per heavy atom. The van der Waals surface area contributed by atoms with Crippen molar-refractivity contribution in [1.82, 2.24) is 0 Å². The van der Waals surface area contributed by atoms with Gasteiger partial charge in [0, 0.05) is 5.41 Å². The maximum atomic E-state index is 9.40. The number of hydrogen-bond acceptors (Lipinski definition) is 1. The van der Waals surface area contributed by atoms with E-state index in [9.17, 15) is 5.11 Å². The molecule has 0 bridgehead atoms. The minimum Gasteiger partial charge on any atom is -0.393 e. The fraction of sp³-hybridized carbons (Fsp3) is 0.800. The lowest BCUT2D eigenvalue weighted by molar-refractivity contribution is 0.195. The van der Waals surface area contributed by atoms with Gasteiger partial charge >= 0.3 is 0 Å². The second-order valence-corrected chi connectivity index (χ2v) is 4.03. The molecule has 1 aliphatic carbocycles. The maximum absolute atomic E-state index is 9.40. The summed E-state index contributed by atoms with van der Waals surface area (Å²) in [4.78, 5) is 0. The van der Waals surface area contributed by atoms with E-state index in [1.165, 1.54) is 5.57 Å². The lowest BCUT2D eigenvalue weighted by Crippen LogP contribution is -2.16. The first-order chi connectivity index (χ1) is 5.02. The monoisotopic (exact) mass is 154 g/mol. The molecule has 1 fully saturated rings. The van der Waals surface area contributed by atoms with Crippen molar-refractivity contribution in [2.24, 2.45) is 11.3 Å². The van der Waals surface area contributed by atoms with Gasteiger partial charge in [-0.05, 0) is 25.7 Å². The van der Waals surface area contributed by atoms with Crippen LogP contribution >= 0.6 is 0 Å². The molecule has 0 aromatic heterocycles. The molecule has 1 nitrogen and oxygen atoms in total. The van der Waals surface area contributed by atoms with Crippen LogP contribution in [0.25, 0.3) is 0 Å². The van der Waals surface area contributed by atoms with Crippen LogP contribution in [0.5, 0.6) is 0 Å². The van der Waals surface area contributed by atoms with E-state index >= 15 is 0 Å². The van der Waals surface area contributed by atoms with Crippen LogP contribution in [0, 0.1) is 11.3 Å². The van der Waals surface area contributed by atoms with Gasteiger partial charge in [-0.1, -0.05) is 26.0 Å². The van der Waals surface area contributed by atoms with Gasteiger partial charge in [0.05, 0.1) is 6.10 Å². The summed E-state index contributed by atoms with van der Waals surface area (Å²) in [5.41, 5.74) is 1.37. The Balaban J connectivity index is 2.64. The van der Waals surface area contributed by atoms with Gasteiger partial charge in [0.25, 0.3) is 0 Å². The van der Waals surface area contributed by atoms with Gasteiger partial charge in [-0.25, -0.2) is 0 Å². The van der Waals surface area contributed by atoms with Crippen molar-refractivity contribution in [2.45, 2.75) is 39.7 Å². The van der Waals surface area contributed by atoms with E-state index in [0.717, 1.165) is 12.8 Å². The third-order valence-corrected chi connectivity index (χ3v) is 3.03. The summed E-state index contributed by atoms with van der Waals surface area (Å²) in [6.07, 6.45) is 1.98. The van der Waals surface area contributed by atoms with E-state index < -0.39 is 0 Å². The Kier molecular flexibility index (Phi) is 2.10. The number of allylic oxidation sites excluding steroid dienone is 1. The summed E-state index contributed by atoms with van der Waals surface area (Å²) in [6.45, 7) is 10.3. The quantitative estimate of drug-likeness (QED) is 0.619. The van der Waals surface area contributed by atoms with E-state index in [4.69, 9.17) is 0 Å². The zero-order valence-electron chi connectivity index (χ0n) is 7.72. The molecule has 1 heteroatoms. The molecule has 3 atom stereocenters. The normalized spacial score (nSPS) is 38.4. The fourth-order valence-electron chi connectivity index (χ4n) is 2.11. The van der Waals surface area contributed by atoms with Gasteiger partial charge in [0.15, 0.2) is 0 Å². The highest BCUT2D eigenvalue weighted by atomic mass is 16.3. The molecule has 0 aromatic rings. The second-order valence-electron chi connectivity index (χ2n) is 4.03. The molecule has 1 N–H and O–H groups in total. The summed E-state index contributed by atoms with van der Waals surface area (Å²) in [5.74, 6) is 0.512. The highest BCUT2D eigenvalue weighted by Gasteiger charge is 2.53. The molecule has 0 aliphatic heterocycles. The summed E-state index contributed by atoms with van der Waals surface area (Å²) < 4.78 is 0. The van der Waals surface area contributed by atoms with Crippen molar-refractivity contribution < 1.29 is 5.11 Å². The van der Waals surface area contributed by atoms with Crippen LogP contribution in [0.3, 0.4) is 0 Å². The van der Waals surface area contributed by atoms with Gasteiger partial charge in [0.2, 0.25) is 0 Å². The smallest absolute Gasteiger partial charge is 0.0606 e. The molecule has 0 aromatic carbocycles. The average Bonchev–Trinajstić information content (AvgIpc) is 2.41. The van der Waals surface area contributed by atoms with E-state index in [1.54, 1.807) is 0 Å². The molecule has 0 heterocycles. The molecule has 1 aliphatic rings. The zero-order valence-corrected chi connectivity index (χ0v) is 7.72. The predicted molar refractivity (Wildman–Crippen MR) is 47.3 cm³/mol. The Morgan fingerprint density at radius 3 is 2.36 bits per heavy atom. The van der Waals surface area contributed by atoms with Crippen LogP contribution < -0.4 is 0 Å². The van der Waals surface area contributed by atoms with Crippen LogP contribution in [0.15, 0.2) is 12.2 Å². The summed E-state index contributed by atoms with van der Waals surface area (Å²) in [5, 5.41) is 9.40. The number of rotatable bonds is 3. The van der Waals surface area contributed by atoms with Gasteiger partial charge in [-0.2, -0.15) is 0 Å². The van der Waals surface area contributed by atoms with Crippen molar-refractivity contribution in [2.75, 3.05) is 0 Å². The molecular weight excluding hydrogens is 136 g/mol. The highest BCUT2D eigenvalue weighted by Crippen LogP contribution is 2.54. The SMILES string of the molecule is C=C(C)C(CC)[C@]1(C)C[C@@H]1O. The predicted octanol–water partition coefficient (Wildman–Crippen LogP) is 2.36. The molecule has 1 saturated carbocycles. The molecule has 1 rings (SSSR count). The Hall–Kier alpha value is -0.300. The van der Waals surface area contributed by atoms with Crippen molar-refractivity contribution in [3.8, 4) is 0 Å². The lowest BCUT2D eigenvalue weighted by atomic mass is 9.83. The maximum Gasteiger partial charge on any atom is 0.0606 e. The van der Waals surface area contributed by atoms with E-state index in [0.29, 0.717) is 5.92 Å². The van der Waals surface area contributed by atoms with Crippen LogP contribution in [-0.4, -0.2) is 11.2 Å². The molecular formula is C10H18O. The van der Waals surface area contributed by atoms with Crippen LogP contribution in [0.4, 0.5) is 0 Å². The molecule has 64 valence electrons. The standard InChI is InChI=1S/C10H18O/c1-5-8(7(2)3)10(4)6-9(10)11/h8-9,11H,2,5-6H2,1,3-4H3/t8?,9-,10-/m0/s1. The average molecular weight is 154 g/mol. The van der Waals surface area contributed by atoms with E-state index in [1.807, 2.05) is 0 Å². The van der Waals surface area contributed by atoms with E-state index in [-0.39, 0.29) is 11.5 Å². The Morgan fingerprint density at radius 2 is 2.27 bits per heavy atom. The van der Waals surface area contributed by atoms with Gasteiger partial charge in [-0.3, -0.25) is 0 Å². The topological polar surface area (TPSA) is 20.2 Å². The number of aliphatic hydroxyl groups is 1. The largest absolute Gasteiger partial charge is 0.393 e. The molecule has 0 amide bonds. The molecule has 0 saturated heterocycles. The second kappa shape index (κ2) is 2.63. The number of hydrogen-bond donors (Lipinski definition) is 1. The van der Waals surface area contributed by atoms with Gasteiger partial charge in [-0.15, -0.1) is 0 Å². The third-order valence-electron chi connectivity index (χ3n) is 3.03. The van der Waals surface area contributed by atoms with Gasteiger partial charge in [0.1, 0.15) is 0 Å². The van der Waals surface area contributed by atoms with Crippen LogP contribution in [0.1, 0.15) is 33.6 Å². The molecule has 1 unspecified atom stereocenters. The van der Waals surface area contributed by atoms with Crippen molar-refractivity contribution in [3.63, 3.8) is 0 Å². The third kappa shape index (κ3) is 1.34. The van der Waals surface area contributed by atoms with E-state index in [2.05, 4.69) is 27.4 Å². The summed E-state index contributed by atoms with van der Waals surface area (Å²) >= 11 is 0. The van der Waals surface area contributed by atoms with Crippen molar-refractivity contribution in [3.05, 3.63) is 12.2 Å². The first-order valence-electron chi connectivity index (χ1n) is 4.35. The lowest BCUT2D eigenvalue weighted by Gasteiger charge is -2.22. The minimum atomic E-state index is -0.0795. The Bertz CT molecular complexity index is 174.